The van der Waals surface area contributed by atoms with E-state index in [1.54, 1.807) is 0 Å². The molecule has 0 radical (unpaired) electrons. The van der Waals surface area contributed by atoms with Gasteiger partial charge in [-0.25, -0.2) is 0 Å². The van der Waals surface area contributed by atoms with Crippen molar-refractivity contribution in [2.24, 2.45) is 0 Å². The van der Waals surface area contributed by atoms with Gasteiger partial charge in [0, 0.05) is 22.8 Å². The average molecular weight is 531 g/mol. The Morgan fingerprint density at radius 2 is 0.846 bits per heavy atom. The van der Waals surface area contributed by atoms with E-state index in [0.717, 1.165) is 37.6 Å². The highest BCUT2D eigenvalue weighted by Gasteiger charge is 2.58. The maximum Gasteiger partial charge on any atom is 0.278 e. The van der Waals surface area contributed by atoms with E-state index >= 15 is 0 Å². The molecule has 2 aromatic carbocycles. The Bertz CT molecular complexity index is 1310. The van der Waals surface area contributed by atoms with Gasteiger partial charge in [0.2, 0.25) is 0 Å². The predicted octanol–water partition coefficient (Wildman–Crippen LogP) is 7.22. The van der Waals surface area contributed by atoms with E-state index < -0.39 is 8.40 Å². The molecule has 2 aromatic heterocycles. The van der Waals surface area contributed by atoms with E-state index in [1.807, 2.05) is 24.5 Å². The maximum atomic E-state index is 5.07. The fourth-order valence-electron chi connectivity index (χ4n) is 6.34. The van der Waals surface area contributed by atoms with Gasteiger partial charge in [-0.2, -0.15) is 0 Å². The summed E-state index contributed by atoms with van der Waals surface area (Å²) >= 11 is 0. The van der Waals surface area contributed by atoms with Crippen LogP contribution < -0.4 is 0 Å². The first-order valence-corrected chi connectivity index (χ1v) is 16.0. The summed E-state index contributed by atoms with van der Waals surface area (Å²) in [5.41, 5.74) is 7.12. The van der Waals surface area contributed by atoms with E-state index in [1.165, 1.54) is 32.7 Å². The standard InChI is InChI=1S/C34H38N4Si/c1-5-37(6-2)39(38(7-3)8-4)33(29-23-15-17-25-35-29)31(27-19-11-9-12-20-27)32(28-21-13-10-14-22-28)34(39)30-24-16-18-26-36-30/h9-26H,5-8H2,1-4H3. The molecule has 3 heterocycles. The van der Waals surface area contributed by atoms with Gasteiger partial charge in [-0.05, 0) is 72.7 Å². The Balaban J connectivity index is 2.07. The lowest BCUT2D eigenvalue weighted by Gasteiger charge is -2.48. The van der Waals surface area contributed by atoms with Crippen molar-refractivity contribution in [1.82, 2.24) is 19.1 Å². The van der Waals surface area contributed by atoms with Gasteiger partial charge >= 0.3 is 0 Å². The molecule has 0 bridgehead atoms. The summed E-state index contributed by atoms with van der Waals surface area (Å²) in [5.74, 6) is 0. The monoisotopic (exact) mass is 530 g/mol. The van der Waals surface area contributed by atoms with Crippen molar-refractivity contribution in [3.8, 4) is 0 Å². The van der Waals surface area contributed by atoms with Gasteiger partial charge in [-0.3, -0.25) is 9.97 Å². The Morgan fingerprint density at radius 3 is 1.15 bits per heavy atom. The third kappa shape index (κ3) is 4.61. The summed E-state index contributed by atoms with van der Waals surface area (Å²) in [6, 6.07) is 34.5. The van der Waals surface area contributed by atoms with Crippen molar-refractivity contribution in [3.63, 3.8) is 0 Å². The molecule has 1 aliphatic heterocycles. The van der Waals surface area contributed by atoms with Crippen LogP contribution in [0.1, 0.15) is 50.2 Å². The van der Waals surface area contributed by atoms with Gasteiger partial charge in [0.1, 0.15) is 0 Å². The third-order valence-corrected chi connectivity index (χ3v) is 13.4. The first-order valence-electron chi connectivity index (χ1n) is 14.2. The van der Waals surface area contributed by atoms with Crippen molar-refractivity contribution in [3.05, 3.63) is 132 Å². The van der Waals surface area contributed by atoms with Crippen molar-refractivity contribution >= 4 is 29.9 Å². The second-order valence-corrected chi connectivity index (χ2v) is 13.3. The number of rotatable bonds is 10. The number of hydrogen-bond acceptors (Lipinski definition) is 4. The van der Waals surface area contributed by atoms with E-state index in [0.29, 0.717) is 0 Å². The largest absolute Gasteiger partial charge is 0.305 e. The molecular weight excluding hydrogens is 492 g/mol. The highest BCUT2D eigenvalue weighted by Crippen LogP contribution is 2.56. The molecule has 0 aliphatic carbocycles. The Hall–Kier alpha value is -3.64. The Labute approximate surface area is 234 Å². The van der Waals surface area contributed by atoms with Gasteiger partial charge in [0.15, 0.2) is 0 Å². The van der Waals surface area contributed by atoms with Crippen molar-refractivity contribution in [1.29, 1.82) is 0 Å². The van der Waals surface area contributed by atoms with Crippen LogP contribution in [-0.2, 0) is 0 Å². The molecule has 39 heavy (non-hydrogen) atoms. The van der Waals surface area contributed by atoms with Crippen LogP contribution in [0.4, 0.5) is 0 Å². The number of hydrogen-bond donors (Lipinski definition) is 0. The third-order valence-electron chi connectivity index (χ3n) is 7.86. The zero-order valence-corrected chi connectivity index (χ0v) is 24.5. The molecule has 5 heteroatoms. The molecule has 4 nitrogen and oxygen atoms in total. The topological polar surface area (TPSA) is 32.3 Å². The summed E-state index contributed by atoms with van der Waals surface area (Å²) in [4.78, 5) is 10.1. The minimum atomic E-state index is -2.82. The SMILES string of the molecule is CCN(CC)[Si]1(N(CC)CC)C(c2ccccn2)=C(c2ccccc2)C(c2ccccc2)=C1c1ccccn1. The molecule has 5 rings (SSSR count). The van der Waals surface area contributed by atoms with Gasteiger partial charge in [0.05, 0.1) is 11.4 Å². The van der Waals surface area contributed by atoms with Crippen LogP contribution in [0.3, 0.4) is 0 Å². The molecule has 0 amide bonds. The van der Waals surface area contributed by atoms with Gasteiger partial charge in [-0.1, -0.05) is 100 Å². The highest BCUT2D eigenvalue weighted by molar-refractivity contribution is 7.11. The van der Waals surface area contributed by atoms with Crippen LogP contribution in [0.5, 0.6) is 0 Å². The van der Waals surface area contributed by atoms with Crippen LogP contribution in [0.15, 0.2) is 109 Å². The molecule has 0 spiro atoms. The second-order valence-electron chi connectivity index (χ2n) is 9.68. The van der Waals surface area contributed by atoms with Crippen molar-refractivity contribution < 1.29 is 0 Å². The quantitative estimate of drug-likeness (QED) is 0.203. The lowest BCUT2D eigenvalue weighted by Crippen LogP contribution is -2.67. The van der Waals surface area contributed by atoms with E-state index in [-0.39, 0.29) is 0 Å². The first kappa shape index (κ1) is 26.9. The number of nitrogens with zero attached hydrogens (tertiary/aromatic N) is 4. The van der Waals surface area contributed by atoms with E-state index in [2.05, 4.69) is 122 Å². The number of aromatic nitrogens is 2. The molecule has 0 unspecified atom stereocenters. The Kier molecular flexibility index (Phi) is 8.32. The zero-order chi connectivity index (χ0) is 27.2. The molecular formula is C34H38N4Si. The average Bonchev–Trinajstić information content (AvgIpc) is 3.32. The molecule has 0 N–H and O–H groups in total. The maximum absolute atomic E-state index is 5.07. The van der Waals surface area contributed by atoms with E-state index in [9.17, 15) is 0 Å². The molecule has 1 aliphatic rings. The molecule has 0 atom stereocenters. The minimum absolute atomic E-state index is 0.941. The number of pyridine rings is 2. The highest BCUT2D eigenvalue weighted by atomic mass is 28.3. The summed E-state index contributed by atoms with van der Waals surface area (Å²) in [5, 5.41) is 2.72. The van der Waals surface area contributed by atoms with Crippen LogP contribution in [0, 0.1) is 0 Å². The van der Waals surface area contributed by atoms with Crippen molar-refractivity contribution in [2.45, 2.75) is 27.7 Å². The van der Waals surface area contributed by atoms with Gasteiger partial charge in [-0.15, -0.1) is 0 Å². The van der Waals surface area contributed by atoms with Gasteiger partial charge < -0.3 is 9.13 Å². The normalized spacial score (nSPS) is 15.0. The minimum Gasteiger partial charge on any atom is -0.305 e. The number of allylic oxidation sites excluding steroid dienone is 2. The van der Waals surface area contributed by atoms with Crippen LogP contribution in [-0.4, -0.2) is 53.7 Å². The smallest absolute Gasteiger partial charge is 0.278 e. The van der Waals surface area contributed by atoms with Crippen LogP contribution in [0.2, 0.25) is 0 Å². The zero-order valence-electron chi connectivity index (χ0n) is 23.5. The molecule has 0 fully saturated rings. The summed E-state index contributed by atoms with van der Waals surface area (Å²) in [6.45, 7) is 13.0. The molecule has 198 valence electrons. The Morgan fingerprint density at radius 1 is 0.487 bits per heavy atom. The lowest BCUT2D eigenvalue weighted by molar-refractivity contribution is 0.375. The first-order chi connectivity index (χ1) is 19.2. The fourth-order valence-corrected chi connectivity index (χ4v) is 12.3. The van der Waals surface area contributed by atoms with Crippen LogP contribution in [0.25, 0.3) is 21.5 Å². The summed E-state index contributed by atoms with van der Waals surface area (Å²) < 4.78 is 5.49. The number of benzene rings is 2. The molecule has 0 saturated carbocycles. The lowest BCUT2D eigenvalue weighted by atomic mass is 9.90. The van der Waals surface area contributed by atoms with Gasteiger partial charge in [0.25, 0.3) is 8.40 Å². The fraction of sp³-hybridized carbons (Fsp3) is 0.235. The summed E-state index contributed by atoms with van der Waals surface area (Å²) in [6.07, 6.45) is 3.88. The summed E-state index contributed by atoms with van der Waals surface area (Å²) in [7, 11) is -2.82. The second kappa shape index (κ2) is 12.0. The molecule has 4 aromatic rings. The van der Waals surface area contributed by atoms with E-state index in [4.69, 9.17) is 9.97 Å². The van der Waals surface area contributed by atoms with Crippen LogP contribution >= 0.6 is 0 Å². The van der Waals surface area contributed by atoms with Crippen molar-refractivity contribution in [2.75, 3.05) is 26.2 Å². The molecule has 0 saturated heterocycles. The predicted molar refractivity (Wildman–Crippen MR) is 167 cm³/mol.